The average Bonchev–Trinajstić information content (AvgIpc) is 2.63. The molecule has 132 valence electrons. The van der Waals surface area contributed by atoms with Gasteiger partial charge in [0.2, 0.25) is 11.8 Å². The lowest BCUT2D eigenvalue weighted by atomic mass is 10.1. The Kier molecular flexibility index (Phi) is 6.39. The molecule has 0 aliphatic carbocycles. The van der Waals surface area contributed by atoms with Crippen LogP contribution in [0.5, 0.6) is 5.75 Å². The van der Waals surface area contributed by atoms with E-state index < -0.39 is 0 Å². The number of methoxy groups -OCH3 is 1. The largest absolute Gasteiger partial charge is 0.497 e. The summed E-state index contributed by atoms with van der Waals surface area (Å²) in [6.45, 7) is 3.82. The van der Waals surface area contributed by atoms with Crippen molar-refractivity contribution in [1.29, 1.82) is 0 Å². The number of benzene rings is 2. The van der Waals surface area contributed by atoms with Gasteiger partial charge in [0.15, 0.2) is 0 Å². The van der Waals surface area contributed by atoms with E-state index in [0.29, 0.717) is 12.1 Å². The Bertz CT molecular complexity index is 742. The molecular formula is C19H23N3O3. The van der Waals surface area contributed by atoms with E-state index >= 15 is 0 Å². The van der Waals surface area contributed by atoms with Crippen LogP contribution in [0.1, 0.15) is 18.9 Å². The van der Waals surface area contributed by atoms with Crippen molar-refractivity contribution in [1.82, 2.24) is 0 Å². The molecule has 0 spiro atoms. The van der Waals surface area contributed by atoms with Crippen LogP contribution in [-0.2, 0) is 9.59 Å². The first kappa shape index (κ1) is 18.3. The van der Waals surface area contributed by atoms with Crippen molar-refractivity contribution in [3.05, 3.63) is 48.0 Å². The van der Waals surface area contributed by atoms with Gasteiger partial charge in [0.05, 0.1) is 13.7 Å². The Hall–Kier alpha value is -3.02. The number of ether oxygens (including phenoxy) is 1. The molecule has 0 aliphatic rings. The van der Waals surface area contributed by atoms with Crippen molar-refractivity contribution >= 4 is 28.9 Å². The number of nitrogens with one attached hydrogen (secondary N) is 3. The van der Waals surface area contributed by atoms with Gasteiger partial charge in [0.1, 0.15) is 5.75 Å². The molecule has 0 aliphatic heterocycles. The van der Waals surface area contributed by atoms with Crippen LogP contribution in [0.25, 0.3) is 0 Å². The lowest BCUT2D eigenvalue weighted by Crippen LogP contribution is -2.22. The second-order valence-electron chi connectivity index (χ2n) is 5.51. The van der Waals surface area contributed by atoms with E-state index in [1.807, 2.05) is 25.1 Å². The summed E-state index contributed by atoms with van der Waals surface area (Å²) in [6.07, 6.45) is 0.418. The first-order valence-corrected chi connectivity index (χ1v) is 8.10. The molecule has 0 saturated heterocycles. The minimum Gasteiger partial charge on any atom is -0.497 e. The van der Waals surface area contributed by atoms with Gasteiger partial charge in [-0.3, -0.25) is 9.59 Å². The first-order chi connectivity index (χ1) is 12.0. The van der Waals surface area contributed by atoms with E-state index in [9.17, 15) is 9.59 Å². The Morgan fingerprint density at radius 3 is 2.28 bits per heavy atom. The van der Waals surface area contributed by atoms with Crippen LogP contribution in [0.4, 0.5) is 17.1 Å². The molecule has 0 fully saturated rings. The summed E-state index contributed by atoms with van der Waals surface area (Å²) >= 11 is 0. The molecule has 2 aromatic rings. The Balaban J connectivity index is 1.94. The number of amides is 2. The monoisotopic (exact) mass is 341 g/mol. The van der Waals surface area contributed by atoms with E-state index in [0.717, 1.165) is 22.7 Å². The van der Waals surface area contributed by atoms with Crippen LogP contribution in [-0.4, -0.2) is 25.5 Å². The molecule has 25 heavy (non-hydrogen) atoms. The molecule has 0 aromatic heterocycles. The second-order valence-corrected chi connectivity index (χ2v) is 5.51. The minimum atomic E-state index is -0.160. The summed E-state index contributed by atoms with van der Waals surface area (Å²) in [4.78, 5) is 23.6. The van der Waals surface area contributed by atoms with Gasteiger partial charge < -0.3 is 20.7 Å². The minimum absolute atomic E-state index is 0.0440. The number of rotatable bonds is 7. The molecule has 0 unspecified atom stereocenters. The van der Waals surface area contributed by atoms with Crippen molar-refractivity contribution < 1.29 is 14.3 Å². The molecule has 2 amide bonds. The summed E-state index contributed by atoms with van der Waals surface area (Å²) in [7, 11) is 1.59. The third kappa shape index (κ3) is 5.24. The van der Waals surface area contributed by atoms with Gasteiger partial charge in [-0.15, -0.1) is 0 Å². The fourth-order valence-corrected chi connectivity index (χ4v) is 2.26. The smallest absolute Gasteiger partial charge is 0.243 e. The van der Waals surface area contributed by atoms with Gasteiger partial charge in [-0.05, 0) is 48.9 Å². The molecule has 0 bridgehead atoms. The Labute approximate surface area is 147 Å². The van der Waals surface area contributed by atoms with Gasteiger partial charge in [-0.1, -0.05) is 13.0 Å². The van der Waals surface area contributed by atoms with E-state index in [4.69, 9.17) is 4.74 Å². The van der Waals surface area contributed by atoms with Crippen LogP contribution in [0.3, 0.4) is 0 Å². The molecule has 2 aromatic carbocycles. The van der Waals surface area contributed by atoms with Gasteiger partial charge in [-0.2, -0.15) is 0 Å². The Morgan fingerprint density at radius 1 is 0.960 bits per heavy atom. The average molecular weight is 341 g/mol. The molecule has 0 radical (unpaired) electrons. The number of hydrogen-bond acceptors (Lipinski definition) is 4. The maximum Gasteiger partial charge on any atom is 0.243 e. The zero-order chi connectivity index (χ0) is 18.2. The van der Waals surface area contributed by atoms with Crippen molar-refractivity contribution in [2.45, 2.75) is 20.3 Å². The molecule has 0 saturated carbocycles. The van der Waals surface area contributed by atoms with Crippen molar-refractivity contribution in [3.63, 3.8) is 0 Å². The maximum absolute atomic E-state index is 12.1. The van der Waals surface area contributed by atoms with E-state index in [1.165, 1.54) is 0 Å². The zero-order valence-electron chi connectivity index (χ0n) is 14.7. The first-order valence-electron chi connectivity index (χ1n) is 8.10. The molecule has 2 rings (SSSR count). The van der Waals surface area contributed by atoms with Gasteiger partial charge >= 0.3 is 0 Å². The highest BCUT2D eigenvalue weighted by Gasteiger charge is 2.08. The topological polar surface area (TPSA) is 79.5 Å². The standard InChI is InChI=1S/C19H23N3O3/c1-4-18(23)22-17-7-5-6-16(13(17)2)20-12-19(24)21-14-8-10-15(25-3)11-9-14/h5-11,20H,4,12H2,1-3H3,(H,21,24)(H,22,23). The molecule has 6 heteroatoms. The predicted octanol–water partition coefficient (Wildman–Crippen LogP) is 3.40. The third-order valence-electron chi connectivity index (χ3n) is 3.74. The van der Waals surface area contributed by atoms with Crippen molar-refractivity contribution in [2.75, 3.05) is 29.6 Å². The molecule has 3 N–H and O–H groups in total. The van der Waals surface area contributed by atoms with Crippen LogP contribution in [0, 0.1) is 6.92 Å². The summed E-state index contributed by atoms with van der Waals surface area (Å²) in [5.41, 5.74) is 3.14. The summed E-state index contributed by atoms with van der Waals surface area (Å²) < 4.78 is 5.08. The molecule has 0 heterocycles. The van der Waals surface area contributed by atoms with E-state index in [2.05, 4.69) is 16.0 Å². The van der Waals surface area contributed by atoms with Crippen LogP contribution >= 0.6 is 0 Å². The molecule has 0 atom stereocenters. The number of anilines is 3. The predicted molar refractivity (Wildman–Crippen MR) is 100 cm³/mol. The lowest BCUT2D eigenvalue weighted by Gasteiger charge is -2.14. The van der Waals surface area contributed by atoms with Gasteiger partial charge in [0.25, 0.3) is 0 Å². The highest BCUT2D eigenvalue weighted by atomic mass is 16.5. The lowest BCUT2D eigenvalue weighted by molar-refractivity contribution is -0.116. The number of hydrogen-bond donors (Lipinski definition) is 3. The highest BCUT2D eigenvalue weighted by Crippen LogP contribution is 2.23. The summed E-state index contributed by atoms with van der Waals surface area (Å²) in [5.74, 6) is 0.530. The fraction of sp³-hybridized carbons (Fsp3) is 0.263. The van der Waals surface area contributed by atoms with Gasteiger partial charge in [-0.25, -0.2) is 0 Å². The fourth-order valence-electron chi connectivity index (χ4n) is 2.26. The normalized spacial score (nSPS) is 10.0. The van der Waals surface area contributed by atoms with Crippen LogP contribution in [0.2, 0.25) is 0 Å². The van der Waals surface area contributed by atoms with Crippen molar-refractivity contribution in [2.24, 2.45) is 0 Å². The highest BCUT2D eigenvalue weighted by molar-refractivity contribution is 5.95. The van der Waals surface area contributed by atoms with E-state index in [1.54, 1.807) is 38.3 Å². The Morgan fingerprint density at radius 2 is 1.64 bits per heavy atom. The summed E-state index contributed by atoms with van der Waals surface area (Å²) in [6, 6.07) is 12.7. The quantitative estimate of drug-likeness (QED) is 0.721. The molecule has 6 nitrogen and oxygen atoms in total. The summed E-state index contributed by atoms with van der Waals surface area (Å²) in [5, 5.41) is 8.76. The zero-order valence-corrected chi connectivity index (χ0v) is 14.7. The molecular weight excluding hydrogens is 318 g/mol. The van der Waals surface area contributed by atoms with E-state index in [-0.39, 0.29) is 18.4 Å². The van der Waals surface area contributed by atoms with Crippen LogP contribution < -0.4 is 20.7 Å². The van der Waals surface area contributed by atoms with Crippen LogP contribution in [0.15, 0.2) is 42.5 Å². The number of carbonyl (C=O) groups is 2. The van der Waals surface area contributed by atoms with Gasteiger partial charge in [0, 0.05) is 23.5 Å². The van der Waals surface area contributed by atoms with Crippen molar-refractivity contribution in [3.8, 4) is 5.75 Å². The second kappa shape index (κ2) is 8.73. The SMILES string of the molecule is CCC(=O)Nc1cccc(NCC(=O)Nc2ccc(OC)cc2)c1C. The maximum atomic E-state index is 12.1. The number of carbonyl (C=O) groups excluding carboxylic acids is 2. The third-order valence-corrected chi connectivity index (χ3v) is 3.74.